The van der Waals surface area contributed by atoms with Gasteiger partial charge in [0.25, 0.3) is 0 Å². The molecule has 0 aromatic heterocycles. The lowest BCUT2D eigenvalue weighted by Crippen LogP contribution is -2.40. The zero-order valence-electron chi connectivity index (χ0n) is 14.9. The van der Waals surface area contributed by atoms with E-state index in [2.05, 4.69) is 72.3 Å². The maximum atomic E-state index is 5.43. The maximum Gasteiger partial charge on any atom is 0.0594 e. The molecule has 0 bridgehead atoms. The molecule has 2 aromatic carbocycles. The number of likely N-dealkylation sites (N-methyl/N-ethyl adjacent to an activating group) is 1. The quantitative estimate of drug-likeness (QED) is 0.810. The van der Waals surface area contributed by atoms with Crippen molar-refractivity contribution >= 4 is 5.69 Å². The summed E-state index contributed by atoms with van der Waals surface area (Å²) in [5.41, 5.74) is 5.44. The Labute approximate surface area is 145 Å². The monoisotopic (exact) mass is 324 g/mol. The zero-order chi connectivity index (χ0) is 16.8. The van der Waals surface area contributed by atoms with Gasteiger partial charge in [0, 0.05) is 38.9 Å². The van der Waals surface area contributed by atoms with E-state index in [4.69, 9.17) is 4.74 Å². The normalized spacial score (nSPS) is 15.4. The van der Waals surface area contributed by atoms with Crippen molar-refractivity contribution in [2.24, 2.45) is 0 Å². The molecule has 0 radical (unpaired) electrons. The number of hydrogen-bond donors (Lipinski definition) is 0. The van der Waals surface area contributed by atoms with Crippen molar-refractivity contribution in [1.82, 2.24) is 4.90 Å². The van der Waals surface area contributed by atoms with Crippen LogP contribution in [-0.4, -0.2) is 51.3 Å². The first-order valence-corrected chi connectivity index (χ1v) is 8.87. The second kappa shape index (κ2) is 8.32. The van der Waals surface area contributed by atoms with E-state index in [-0.39, 0.29) is 0 Å². The molecule has 3 heteroatoms. The van der Waals surface area contributed by atoms with Crippen molar-refractivity contribution in [3.63, 3.8) is 0 Å². The summed E-state index contributed by atoms with van der Waals surface area (Å²) >= 11 is 0. The number of rotatable bonds is 6. The Morgan fingerprint density at radius 2 is 1.79 bits per heavy atom. The molecule has 1 heterocycles. The van der Waals surface area contributed by atoms with Gasteiger partial charge in [0.2, 0.25) is 0 Å². The minimum atomic E-state index is 0.869. The van der Waals surface area contributed by atoms with Crippen molar-refractivity contribution in [2.45, 2.75) is 13.3 Å². The molecule has 24 heavy (non-hydrogen) atoms. The highest BCUT2D eigenvalue weighted by atomic mass is 16.5. The second-order valence-corrected chi connectivity index (χ2v) is 6.67. The van der Waals surface area contributed by atoms with Crippen LogP contribution in [0.1, 0.15) is 16.7 Å². The summed E-state index contributed by atoms with van der Waals surface area (Å²) in [6, 6.07) is 17.5. The fraction of sp³-hybridized carbons (Fsp3) is 0.429. The number of anilines is 1. The van der Waals surface area contributed by atoms with Crippen molar-refractivity contribution in [1.29, 1.82) is 0 Å². The molecular formula is C21H28N2O. The average molecular weight is 324 g/mol. The molecule has 3 nitrogen and oxygen atoms in total. The van der Waals surface area contributed by atoms with E-state index < -0.39 is 0 Å². The number of hydrogen-bond acceptors (Lipinski definition) is 3. The lowest BCUT2D eigenvalue weighted by atomic mass is 10.0. The first-order chi connectivity index (χ1) is 11.7. The molecule has 0 spiro atoms. The lowest BCUT2D eigenvalue weighted by Gasteiger charge is -2.30. The number of ether oxygens (including phenoxy) is 1. The predicted molar refractivity (Wildman–Crippen MR) is 101 cm³/mol. The van der Waals surface area contributed by atoms with Gasteiger partial charge in [-0.25, -0.2) is 0 Å². The van der Waals surface area contributed by atoms with Gasteiger partial charge >= 0.3 is 0 Å². The molecule has 128 valence electrons. The number of morpholine rings is 1. The summed E-state index contributed by atoms with van der Waals surface area (Å²) in [5.74, 6) is 0. The van der Waals surface area contributed by atoms with E-state index in [1.165, 1.54) is 22.4 Å². The summed E-state index contributed by atoms with van der Waals surface area (Å²) in [7, 11) is 2.21. The Hall–Kier alpha value is -1.84. The zero-order valence-corrected chi connectivity index (χ0v) is 14.9. The van der Waals surface area contributed by atoms with Crippen LogP contribution in [0, 0.1) is 6.92 Å². The Morgan fingerprint density at radius 1 is 1.04 bits per heavy atom. The van der Waals surface area contributed by atoms with Gasteiger partial charge in [-0.05, 0) is 30.5 Å². The van der Waals surface area contributed by atoms with Crippen LogP contribution in [0.15, 0.2) is 48.5 Å². The molecule has 1 aliphatic heterocycles. The molecule has 1 aliphatic rings. The van der Waals surface area contributed by atoms with Gasteiger partial charge in [-0.1, -0.05) is 48.0 Å². The first kappa shape index (κ1) is 17.0. The van der Waals surface area contributed by atoms with Crippen LogP contribution >= 0.6 is 0 Å². The van der Waals surface area contributed by atoms with Crippen LogP contribution in [0.3, 0.4) is 0 Å². The Morgan fingerprint density at radius 3 is 2.54 bits per heavy atom. The first-order valence-electron chi connectivity index (χ1n) is 8.87. The minimum Gasteiger partial charge on any atom is -0.379 e. The van der Waals surface area contributed by atoms with Crippen LogP contribution < -0.4 is 4.90 Å². The summed E-state index contributed by atoms with van der Waals surface area (Å²) in [6.45, 7) is 8.16. The molecular weight excluding hydrogens is 296 g/mol. The van der Waals surface area contributed by atoms with Gasteiger partial charge < -0.3 is 9.64 Å². The van der Waals surface area contributed by atoms with E-state index >= 15 is 0 Å². The van der Waals surface area contributed by atoms with E-state index in [1.54, 1.807) is 0 Å². The molecule has 0 amide bonds. The summed E-state index contributed by atoms with van der Waals surface area (Å²) in [6.07, 6.45) is 0.986. The molecule has 3 rings (SSSR count). The Balaban J connectivity index is 1.69. The highest BCUT2D eigenvalue weighted by Crippen LogP contribution is 2.24. The second-order valence-electron chi connectivity index (χ2n) is 6.67. The third kappa shape index (κ3) is 4.59. The average Bonchev–Trinajstić information content (AvgIpc) is 2.62. The molecule has 2 aromatic rings. The van der Waals surface area contributed by atoms with E-state index in [0.717, 1.165) is 45.8 Å². The number of nitrogens with zero attached hydrogens (tertiary/aromatic N) is 2. The Bertz CT molecular complexity index is 636. The topological polar surface area (TPSA) is 15.7 Å². The van der Waals surface area contributed by atoms with Crippen LogP contribution in [0.2, 0.25) is 0 Å². The van der Waals surface area contributed by atoms with Crippen molar-refractivity contribution in [3.8, 4) is 0 Å². The van der Waals surface area contributed by atoms with Crippen LogP contribution in [0.5, 0.6) is 0 Å². The van der Waals surface area contributed by atoms with Crippen molar-refractivity contribution in [3.05, 3.63) is 65.2 Å². The fourth-order valence-electron chi connectivity index (χ4n) is 3.28. The smallest absolute Gasteiger partial charge is 0.0594 e. The highest BCUT2D eigenvalue weighted by Gasteiger charge is 2.13. The third-order valence-corrected chi connectivity index (χ3v) is 4.74. The SMILES string of the molecule is Cc1ccc(N(C)CCN2CCOCC2)c(Cc2ccccc2)c1. The molecule has 0 aliphatic carbocycles. The largest absolute Gasteiger partial charge is 0.379 e. The van der Waals surface area contributed by atoms with Crippen molar-refractivity contribution in [2.75, 3.05) is 51.3 Å². The molecule has 0 atom stereocenters. The van der Waals surface area contributed by atoms with Crippen LogP contribution in [0.4, 0.5) is 5.69 Å². The molecule has 1 fully saturated rings. The molecule has 0 unspecified atom stereocenters. The number of benzene rings is 2. The van der Waals surface area contributed by atoms with Gasteiger partial charge in [0.05, 0.1) is 13.2 Å². The van der Waals surface area contributed by atoms with E-state index in [9.17, 15) is 0 Å². The maximum absolute atomic E-state index is 5.43. The number of aryl methyl sites for hydroxylation is 1. The fourth-order valence-corrected chi connectivity index (χ4v) is 3.28. The minimum absolute atomic E-state index is 0.869. The summed E-state index contributed by atoms with van der Waals surface area (Å²) in [5, 5.41) is 0. The van der Waals surface area contributed by atoms with Gasteiger partial charge in [0.15, 0.2) is 0 Å². The molecule has 0 N–H and O–H groups in total. The molecule has 0 saturated carbocycles. The van der Waals surface area contributed by atoms with Gasteiger partial charge in [0.1, 0.15) is 0 Å². The van der Waals surface area contributed by atoms with Gasteiger partial charge in [-0.15, -0.1) is 0 Å². The third-order valence-electron chi connectivity index (χ3n) is 4.74. The van der Waals surface area contributed by atoms with Crippen molar-refractivity contribution < 1.29 is 4.74 Å². The lowest BCUT2D eigenvalue weighted by molar-refractivity contribution is 0.0393. The highest BCUT2D eigenvalue weighted by molar-refractivity contribution is 5.56. The van der Waals surface area contributed by atoms with Gasteiger partial charge in [-0.3, -0.25) is 4.90 Å². The predicted octanol–water partition coefficient (Wildman–Crippen LogP) is 3.35. The molecule has 1 saturated heterocycles. The van der Waals surface area contributed by atoms with Crippen LogP contribution in [0.25, 0.3) is 0 Å². The van der Waals surface area contributed by atoms with E-state index in [0.29, 0.717) is 0 Å². The summed E-state index contributed by atoms with van der Waals surface area (Å²) < 4.78 is 5.43. The Kier molecular flexibility index (Phi) is 5.89. The summed E-state index contributed by atoms with van der Waals surface area (Å²) in [4.78, 5) is 4.89. The van der Waals surface area contributed by atoms with E-state index in [1.807, 2.05) is 0 Å². The van der Waals surface area contributed by atoms with Crippen LogP contribution in [-0.2, 0) is 11.2 Å². The van der Waals surface area contributed by atoms with Gasteiger partial charge in [-0.2, -0.15) is 0 Å². The standard InChI is InChI=1S/C21H28N2O/c1-18-8-9-21(20(16-18)17-19-6-4-3-5-7-19)22(2)10-11-23-12-14-24-15-13-23/h3-9,16H,10-15,17H2,1-2H3.